The van der Waals surface area contributed by atoms with E-state index in [0.717, 1.165) is 11.1 Å². The number of nitrogens with two attached hydrogens (primary N) is 1. The summed E-state index contributed by atoms with van der Waals surface area (Å²) in [6, 6.07) is 11.0. The second kappa shape index (κ2) is 7.36. The van der Waals surface area contributed by atoms with Crippen molar-refractivity contribution in [3.8, 4) is 0 Å². The van der Waals surface area contributed by atoms with Crippen molar-refractivity contribution >= 4 is 23.4 Å². The largest absolute Gasteiger partial charge is 0.481 e. The van der Waals surface area contributed by atoms with E-state index in [1.807, 2.05) is 28.8 Å². The highest BCUT2D eigenvalue weighted by molar-refractivity contribution is 6.30. The highest BCUT2D eigenvalue weighted by atomic mass is 35.5. The van der Waals surface area contributed by atoms with Gasteiger partial charge >= 0.3 is 5.97 Å². The lowest BCUT2D eigenvalue weighted by Gasteiger charge is -2.10. The summed E-state index contributed by atoms with van der Waals surface area (Å²) in [5, 5.41) is 10.2. The fraction of sp³-hybridized carbons (Fsp3) is 0.167. The Hall–Kier alpha value is -2.86. The topological polar surface area (TPSA) is 94.0 Å². The number of carboxylic acid groups (broad SMARTS) is 1. The molecule has 0 bridgehead atoms. The average molecular weight is 357 g/mol. The third-order valence-corrected chi connectivity index (χ3v) is 4.09. The Kier molecular flexibility index (Phi) is 5.00. The molecule has 2 aromatic heterocycles. The first-order valence-electron chi connectivity index (χ1n) is 7.70. The Morgan fingerprint density at radius 2 is 2.08 bits per heavy atom. The number of anilines is 1. The molecule has 3 rings (SSSR count). The van der Waals surface area contributed by atoms with Crippen molar-refractivity contribution in [2.24, 2.45) is 0 Å². The van der Waals surface area contributed by atoms with Gasteiger partial charge in [-0.1, -0.05) is 29.8 Å². The molecule has 3 aromatic rings. The molecular weight excluding hydrogens is 340 g/mol. The second-order valence-electron chi connectivity index (χ2n) is 5.79. The smallest absolute Gasteiger partial charge is 0.312 e. The van der Waals surface area contributed by atoms with Crippen LogP contribution in [-0.2, 0) is 17.8 Å². The number of benzene rings is 1. The molecule has 6 nitrogen and oxygen atoms in total. The van der Waals surface area contributed by atoms with Crippen molar-refractivity contribution in [1.29, 1.82) is 0 Å². The van der Waals surface area contributed by atoms with Crippen molar-refractivity contribution in [2.75, 3.05) is 5.73 Å². The van der Waals surface area contributed by atoms with Crippen molar-refractivity contribution in [2.45, 2.75) is 18.9 Å². The van der Waals surface area contributed by atoms with Crippen molar-refractivity contribution < 1.29 is 9.90 Å². The molecule has 0 aliphatic rings. The van der Waals surface area contributed by atoms with Crippen LogP contribution in [0.4, 0.5) is 5.82 Å². The molecule has 2 heterocycles. The first kappa shape index (κ1) is 17.0. The highest BCUT2D eigenvalue weighted by Gasteiger charge is 2.23. The van der Waals surface area contributed by atoms with Crippen LogP contribution in [0.3, 0.4) is 0 Å². The number of aliphatic carboxylic acids is 1. The van der Waals surface area contributed by atoms with Crippen LogP contribution in [0.5, 0.6) is 0 Å². The minimum absolute atomic E-state index is 0.302. The molecule has 3 N–H and O–H groups in total. The molecule has 25 heavy (non-hydrogen) atoms. The number of carbonyl (C=O) groups is 1. The van der Waals surface area contributed by atoms with Gasteiger partial charge in [-0.2, -0.15) is 0 Å². The molecule has 1 atom stereocenters. The Balaban J connectivity index is 1.77. The van der Waals surface area contributed by atoms with Gasteiger partial charge in [-0.25, -0.2) is 9.97 Å². The summed E-state index contributed by atoms with van der Waals surface area (Å²) in [6.45, 7) is 0.573. The van der Waals surface area contributed by atoms with E-state index in [0.29, 0.717) is 29.5 Å². The van der Waals surface area contributed by atoms with Gasteiger partial charge in [-0.15, -0.1) is 0 Å². The lowest BCUT2D eigenvalue weighted by atomic mass is 9.98. The van der Waals surface area contributed by atoms with E-state index in [9.17, 15) is 9.90 Å². The van der Waals surface area contributed by atoms with Gasteiger partial charge in [0.1, 0.15) is 11.7 Å². The predicted molar refractivity (Wildman–Crippen MR) is 95.5 cm³/mol. The first-order valence-corrected chi connectivity index (χ1v) is 8.08. The highest BCUT2D eigenvalue weighted by Crippen LogP contribution is 2.21. The normalized spacial score (nSPS) is 12.0. The van der Waals surface area contributed by atoms with Gasteiger partial charge in [0.05, 0.1) is 12.0 Å². The maximum atomic E-state index is 11.7. The summed E-state index contributed by atoms with van der Waals surface area (Å²) >= 11 is 5.99. The van der Waals surface area contributed by atoms with E-state index in [1.165, 1.54) is 0 Å². The van der Waals surface area contributed by atoms with E-state index >= 15 is 0 Å². The molecule has 0 aliphatic heterocycles. The van der Waals surface area contributed by atoms with E-state index < -0.39 is 11.9 Å². The Morgan fingerprint density at radius 3 is 2.76 bits per heavy atom. The Bertz CT molecular complexity index is 877. The molecule has 128 valence electrons. The zero-order valence-electron chi connectivity index (χ0n) is 13.3. The zero-order chi connectivity index (χ0) is 17.8. The summed E-state index contributed by atoms with van der Waals surface area (Å²) < 4.78 is 1.85. The number of pyridine rings is 1. The molecule has 0 radical (unpaired) electrons. The number of imidazole rings is 1. The first-order chi connectivity index (χ1) is 12.0. The van der Waals surface area contributed by atoms with Crippen LogP contribution >= 0.6 is 11.6 Å². The average Bonchev–Trinajstić information content (AvgIpc) is 3.02. The SMILES string of the molecule is Nc1ccc(CC(C(=O)O)c2cn(Cc3cccc(Cl)c3)cn2)cn1. The van der Waals surface area contributed by atoms with Gasteiger partial charge in [0.15, 0.2) is 0 Å². The molecule has 0 saturated heterocycles. The minimum atomic E-state index is -0.926. The van der Waals surface area contributed by atoms with Gasteiger partial charge in [-0.3, -0.25) is 4.79 Å². The maximum Gasteiger partial charge on any atom is 0.312 e. The van der Waals surface area contributed by atoms with Gasteiger partial charge in [0.25, 0.3) is 0 Å². The summed E-state index contributed by atoms with van der Waals surface area (Å²) in [6.07, 6.45) is 5.28. The van der Waals surface area contributed by atoms with E-state index in [1.54, 1.807) is 30.9 Å². The number of halogens is 1. The van der Waals surface area contributed by atoms with Crippen LogP contribution in [0.1, 0.15) is 22.7 Å². The number of rotatable bonds is 6. The van der Waals surface area contributed by atoms with Crippen LogP contribution in [0, 0.1) is 0 Å². The number of hydrogen-bond donors (Lipinski definition) is 2. The van der Waals surface area contributed by atoms with Gasteiger partial charge in [0, 0.05) is 24.0 Å². The second-order valence-corrected chi connectivity index (χ2v) is 6.22. The number of hydrogen-bond acceptors (Lipinski definition) is 4. The maximum absolute atomic E-state index is 11.7. The van der Waals surface area contributed by atoms with Crippen LogP contribution < -0.4 is 5.73 Å². The summed E-state index contributed by atoms with van der Waals surface area (Å²) in [7, 11) is 0. The lowest BCUT2D eigenvalue weighted by Crippen LogP contribution is -2.15. The van der Waals surface area contributed by atoms with Crippen LogP contribution in [-0.4, -0.2) is 25.6 Å². The van der Waals surface area contributed by atoms with E-state index in [-0.39, 0.29) is 0 Å². The molecule has 0 fully saturated rings. The molecule has 7 heteroatoms. The van der Waals surface area contributed by atoms with E-state index in [2.05, 4.69) is 9.97 Å². The molecule has 0 amide bonds. The predicted octanol–water partition coefficient (Wildman–Crippen LogP) is 2.97. The van der Waals surface area contributed by atoms with Crippen molar-refractivity contribution in [3.63, 3.8) is 0 Å². The number of aromatic nitrogens is 3. The van der Waals surface area contributed by atoms with Crippen molar-refractivity contribution in [3.05, 3.63) is 77.0 Å². The van der Waals surface area contributed by atoms with Gasteiger partial charge in [0.2, 0.25) is 0 Å². The molecule has 1 aromatic carbocycles. The number of nitrogen functional groups attached to an aromatic ring is 1. The van der Waals surface area contributed by atoms with Crippen LogP contribution in [0.15, 0.2) is 55.1 Å². The van der Waals surface area contributed by atoms with Gasteiger partial charge in [-0.05, 0) is 35.7 Å². The fourth-order valence-electron chi connectivity index (χ4n) is 2.60. The minimum Gasteiger partial charge on any atom is -0.481 e. The molecule has 0 aliphatic carbocycles. The van der Waals surface area contributed by atoms with Crippen LogP contribution in [0.25, 0.3) is 0 Å². The van der Waals surface area contributed by atoms with Crippen LogP contribution in [0.2, 0.25) is 5.02 Å². The van der Waals surface area contributed by atoms with Gasteiger partial charge < -0.3 is 15.4 Å². The molecule has 0 saturated carbocycles. The lowest BCUT2D eigenvalue weighted by molar-refractivity contribution is -0.138. The Morgan fingerprint density at radius 1 is 1.24 bits per heavy atom. The standard InChI is InChI=1S/C18H17ClN4O2/c19-14-3-1-2-13(6-14)9-23-10-16(22-11-23)15(18(24)25)7-12-4-5-17(20)21-8-12/h1-6,8,10-11,15H,7,9H2,(H2,20,21)(H,24,25). The zero-order valence-corrected chi connectivity index (χ0v) is 14.1. The van der Waals surface area contributed by atoms with Crippen molar-refractivity contribution in [1.82, 2.24) is 14.5 Å². The summed E-state index contributed by atoms with van der Waals surface area (Å²) in [5.41, 5.74) is 7.89. The summed E-state index contributed by atoms with van der Waals surface area (Å²) in [5.74, 6) is -1.27. The molecule has 1 unspecified atom stereocenters. The molecule has 0 spiro atoms. The third-order valence-electron chi connectivity index (χ3n) is 3.85. The number of carboxylic acids is 1. The number of nitrogens with zero attached hydrogens (tertiary/aromatic N) is 3. The van der Waals surface area contributed by atoms with E-state index in [4.69, 9.17) is 17.3 Å². The Labute approximate surface area is 149 Å². The fourth-order valence-corrected chi connectivity index (χ4v) is 2.81. The molecular formula is C18H17ClN4O2. The quantitative estimate of drug-likeness (QED) is 0.708. The summed E-state index contributed by atoms with van der Waals surface area (Å²) in [4.78, 5) is 19.9. The third kappa shape index (κ3) is 4.36. The monoisotopic (exact) mass is 356 g/mol.